The number of fused-ring (bicyclic) bond motifs is 8. The number of ether oxygens (including phenoxy) is 1. The van der Waals surface area contributed by atoms with Gasteiger partial charge in [0.2, 0.25) is 0 Å². The minimum Gasteiger partial charge on any atom is -0.489 e. The van der Waals surface area contributed by atoms with Gasteiger partial charge in [0.1, 0.15) is 11.9 Å². The molecule has 0 saturated heterocycles. The van der Waals surface area contributed by atoms with Gasteiger partial charge in [-0.1, -0.05) is 66.8 Å². The lowest BCUT2D eigenvalue weighted by molar-refractivity contribution is 0.158. The Morgan fingerprint density at radius 2 is 1.49 bits per heavy atom. The molecule has 0 amide bonds. The van der Waals surface area contributed by atoms with Crippen molar-refractivity contribution in [3.05, 3.63) is 137 Å². The monoisotopic (exact) mass is 582 g/mol. The van der Waals surface area contributed by atoms with Crippen LogP contribution >= 0.6 is 0 Å². The van der Waals surface area contributed by atoms with Gasteiger partial charge in [0.15, 0.2) is 0 Å². The second-order valence-corrected chi connectivity index (χ2v) is 13.1. The van der Waals surface area contributed by atoms with Gasteiger partial charge in [-0.05, 0) is 103 Å². The lowest BCUT2D eigenvalue weighted by atomic mass is 9.85. The van der Waals surface area contributed by atoms with Crippen molar-refractivity contribution < 1.29 is 4.74 Å². The lowest BCUT2D eigenvalue weighted by Gasteiger charge is -2.17. The van der Waals surface area contributed by atoms with Crippen LogP contribution in [0.1, 0.15) is 48.9 Å². The molecule has 0 bridgehead atoms. The third-order valence-corrected chi connectivity index (χ3v) is 10.5. The molecule has 0 radical (unpaired) electrons. The summed E-state index contributed by atoms with van der Waals surface area (Å²) in [5.74, 6) is 1.51. The molecule has 45 heavy (non-hydrogen) atoms. The van der Waals surface area contributed by atoms with Crippen molar-refractivity contribution in [2.45, 2.75) is 44.6 Å². The fourth-order valence-electron chi connectivity index (χ4n) is 8.27. The van der Waals surface area contributed by atoms with E-state index in [0.717, 1.165) is 38.5 Å². The molecule has 0 saturated carbocycles. The number of aryl methyl sites for hydroxylation is 1. The molecule has 2 atom stereocenters. The van der Waals surface area contributed by atoms with Crippen molar-refractivity contribution in [3.8, 4) is 11.1 Å². The molecule has 0 fully saturated rings. The van der Waals surface area contributed by atoms with E-state index in [0.29, 0.717) is 5.92 Å². The second kappa shape index (κ2) is 9.74. The maximum atomic E-state index is 6.34. The van der Waals surface area contributed by atoms with Gasteiger partial charge in [-0.15, -0.1) is 0 Å². The number of hydrogen-bond donors (Lipinski definition) is 1. The molecular formula is C42H34N2O. The normalized spacial score (nSPS) is 21.7. The van der Waals surface area contributed by atoms with E-state index in [9.17, 15) is 0 Å². The standard InChI is InChI=1S/C42H34N2O/c1-2-8-30(9-3-1)44-39-19-15-27(26-14-18-38-33(22-26)31-10-4-6-12-37(31)43-38)23-34(39)35-24-28(16-20-40(35)44)29-17-21-42-36(25-29)32-11-5-7-13-41(32)45-42/h1-2,4-5,7-8,10-11,13-16,18-20,22-25,32,41,43H,3,6,9,12,17,21H2. The number of hydrogen-bond acceptors (Lipinski definition) is 1. The number of H-pyrrole nitrogens is 1. The first-order chi connectivity index (χ1) is 22.3. The van der Waals surface area contributed by atoms with E-state index in [-0.39, 0.29) is 6.10 Å². The summed E-state index contributed by atoms with van der Waals surface area (Å²) < 4.78 is 8.84. The zero-order valence-electron chi connectivity index (χ0n) is 25.2. The summed E-state index contributed by atoms with van der Waals surface area (Å²) >= 11 is 0. The summed E-state index contributed by atoms with van der Waals surface area (Å²) in [6, 6.07) is 21.2. The maximum Gasteiger partial charge on any atom is 0.127 e. The number of allylic oxidation sites excluding steroid dienone is 10. The zero-order chi connectivity index (χ0) is 29.5. The number of benzene rings is 3. The number of aromatic nitrogens is 2. The average molecular weight is 583 g/mol. The highest BCUT2D eigenvalue weighted by molar-refractivity contribution is 6.12. The predicted octanol–water partition coefficient (Wildman–Crippen LogP) is 10.7. The molecule has 1 N–H and O–H groups in total. The van der Waals surface area contributed by atoms with E-state index >= 15 is 0 Å². The average Bonchev–Trinajstić information content (AvgIpc) is 3.77. The molecule has 3 heterocycles. The molecule has 3 heteroatoms. The molecule has 3 nitrogen and oxygen atoms in total. The summed E-state index contributed by atoms with van der Waals surface area (Å²) in [4.78, 5) is 3.67. The fraction of sp³-hybridized carbons (Fsp3) is 0.190. The van der Waals surface area contributed by atoms with Gasteiger partial charge in [-0.3, -0.25) is 0 Å². The van der Waals surface area contributed by atoms with E-state index in [1.807, 2.05) is 0 Å². The molecule has 10 rings (SSSR count). The van der Waals surface area contributed by atoms with Crippen LogP contribution in [0.5, 0.6) is 0 Å². The van der Waals surface area contributed by atoms with Crippen molar-refractivity contribution in [1.82, 2.24) is 9.55 Å². The van der Waals surface area contributed by atoms with Crippen LogP contribution in [0.3, 0.4) is 0 Å². The fourth-order valence-corrected chi connectivity index (χ4v) is 8.27. The lowest BCUT2D eigenvalue weighted by Crippen LogP contribution is -2.15. The molecule has 5 aliphatic rings. The summed E-state index contributed by atoms with van der Waals surface area (Å²) in [7, 11) is 0. The number of nitrogens with zero attached hydrogens (tertiary/aromatic N) is 1. The van der Waals surface area contributed by atoms with Crippen molar-refractivity contribution in [2.24, 2.45) is 5.92 Å². The molecule has 4 aliphatic carbocycles. The SMILES string of the molecule is C1=CCCC(n2c3ccc(C4=CC5=C(CC4)OC4C=CC=CC54)cc3c3cc(-c4ccc5[nH]c6c(c5c4)C=CCC6)ccc32)=C1. The van der Waals surface area contributed by atoms with Gasteiger partial charge < -0.3 is 14.3 Å². The molecule has 0 spiro atoms. The largest absolute Gasteiger partial charge is 0.489 e. The topological polar surface area (TPSA) is 29.9 Å². The van der Waals surface area contributed by atoms with Gasteiger partial charge in [0.05, 0.1) is 11.0 Å². The summed E-state index contributed by atoms with van der Waals surface area (Å²) in [5.41, 5.74) is 14.5. The highest BCUT2D eigenvalue weighted by atomic mass is 16.5. The number of aromatic amines is 1. The maximum absolute atomic E-state index is 6.34. The Hall–Kier alpha value is -5.02. The van der Waals surface area contributed by atoms with E-state index in [4.69, 9.17) is 4.74 Å². The van der Waals surface area contributed by atoms with E-state index in [1.54, 1.807) is 0 Å². The summed E-state index contributed by atoms with van der Waals surface area (Å²) in [5, 5.41) is 3.96. The van der Waals surface area contributed by atoms with E-state index in [1.165, 1.54) is 83.3 Å². The minimum atomic E-state index is 0.152. The molecular weight excluding hydrogens is 548 g/mol. The summed E-state index contributed by atoms with van der Waals surface area (Å²) in [6.45, 7) is 0. The Kier molecular flexibility index (Phi) is 5.48. The highest BCUT2D eigenvalue weighted by Crippen LogP contribution is 2.45. The van der Waals surface area contributed by atoms with Crippen molar-refractivity contribution >= 4 is 50.1 Å². The van der Waals surface area contributed by atoms with Crippen LogP contribution in [0.4, 0.5) is 0 Å². The first-order valence-corrected chi connectivity index (χ1v) is 16.5. The third-order valence-electron chi connectivity index (χ3n) is 10.5. The number of rotatable bonds is 3. The number of nitrogens with one attached hydrogen (secondary N) is 1. The second-order valence-electron chi connectivity index (χ2n) is 13.1. The Morgan fingerprint density at radius 3 is 2.36 bits per heavy atom. The van der Waals surface area contributed by atoms with Crippen molar-refractivity contribution in [3.63, 3.8) is 0 Å². The molecule has 2 aromatic heterocycles. The third kappa shape index (κ3) is 3.90. The Morgan fingerprint density at radius 1 is 0.711 bits per heavy atom. The van der Waals surface area contributed by atoms with E-state index < -0.39 is 0 Å². The van der Waals surface area contributed by atoms with Gasteiger partial charge in [-0.2, -0.15) is 0 Å². The van der Waals surface area contributed by atoms with Gasteiger partial charge in [-0.25, -0.2) is 0 Å². The Bertz CT molecular complexity index is 2310. The minimum absolute atomic E-state index is 0.152. The molecule has 218 valence electrons. The van der Waals surface area contributed by atoms with Crippen molar-refractivity contribution in [2.75, 3.05) is 0 Å². The highest BCUT2D eigenvalue weighted by Gasteiger charge is 2.35. The van der Waals surface area contributed by atoms with Gasteiger partial charge in [0, 0.05) is 56.5 Å². The summed E-state index contributed by atoms with van der Waals surface area (Å²) in [6.07, 6.45) is 29.0. The first-order valence-electron chi connectivity index (χ1n) is 16.5. The smallest absolute Gasteiger partial charge is 0.127 e. The Balaban J connectivity index is 1.13. The van der Waals surface area contributed by atoms with Crippen LogP contribution in [0.15, 0.2) is 121 Å². The molecule has 1 aliphatic heterocycles. The van der Waals surface area contributed by atoms with Crippen LogP contribution in [-0.2, 0) is 11.2 Å². The Labute approximate surface area is 262 Å². The van der Waals surface area contributed by atoms with Crippen LogP contribution in [0.2, 0.25) is 0 Å². The quantitative estimate of drug-likeness (QED) is 0.225. The van der Waals surface area contributed by atoms with Crippen LogP contribution < -0.4 is 0 Å². The van der Waals surface area contributed by atoms with Gasteiger partial charge in [0.25, 0.3) is 0 Å². The first kappa shape index (κ1) is 25.3. The zero-order valence-corrected chi connectivity index (χ0v) is 25.2. The van der Waals surface area contributed by atoms with E-state index in [2.05, 4.69) is 125 Å². The van der Waals surface area contributed by atoms with Crippen LogP contribution in [0.25, 0.3) is 61.2 Å². The molecule has 2 unspecified atom stereocenters. The van der Waals surface area contributed by atoms with Crippen molar-refractivity contribution in [1.29, 1.82) is 0 Å². The molecule has 3 aromatic carbocycles. The van der Waals surface area contributed by atoms with Gasteiger partial charge >= 0.3 is 0 Å². The predicted molar refractivity (Wildman–Crippen MR) is 188 cm³/mol. The van der Waals surface area contributed by atoms with Crippen LogP contribution in [-0.4, -0.2) is 15.7 Å². The van der Waals surface area contributed by atoms with Crippen LogP contribution in [0, 0.1) is 5.92 Å². The molecule has 5 aromatic rings.